The summed E-state index contributed by atoms with van der Waals surface area (Å²) in [7, 11) is 0. The number of aliphatic hydroxyl groups excluding tert-OH is 5. The molecule has 0 aliphatic carbocycles. The second kappa shape index (κ2) is 12.1. The van der Waals surface area contributed by atoms with Gasteiger partial charge in [-0.2, -0.15) is 0 Å². The first kappa shape index (κ1) is 29.4. The number of carbonyl (C=O) groups is 1. The first-order chi connectivity index (χ1) is 17.4. The van der Waals surface area contributed by atoms with Crippen LogP contribution in [0.1, 0.15) is 66.2 Å². The van der Waals surface area contributed by atoms with E-state index in [1.54, 1.807) is 19.9 Å². The van der Waals surface area contributed by atoms with Gasteiger partial charge in [0, 0.05) is 12.0 Å². The lowest BCUT2D eigenvalue weighted by molar-refractivity contribution is -0.123. The minimum absolute atomic E-state index is 0.00313. The molecular formula is C28H39NO7S. The fourth-order valence-corrected chi connectivity index (χ4v) is 6.02. The second-order valence-electron chi connectivity index (χ2n) is 10.7. The van der Waals surface area contributed by atoms with Crippen molar-refractivity contribution in [3.63, 3.8) is 0 Å². The fraction of sp³-hybridized carbons (Fsp3) is 0.536. The van der Waals surface area contributed by atoms with Gasteiger partial charge in [-0.25, -0.2) is 0 Å². The zero-order chi connectivity index (χ0) is 27.5. The van der Waals surface area contributed by atoms with Crippen LogP contribution >= 0.6 is 11.8 Å². The number of phenols is 1. The molecule has 7 N–H and O–H groups in total. The summed E-state index contributed by atoms with van der Waals surface area (Å²) in [6, 6.07) is 11.4. The molecule has 1 aliphatic rings. The van der Waals surface area contributed by atoms with Crippen molar-refractivity contribution in [1.82, 2.24) is 5.32 Å². The van der Waals surface area contributed by atoms with E-state index in [2.05, 4.69) is 5.32 Å². The number of aryl methyl sites for hydroxylation is 1. The number of aliphatic hydroxyl groups is 5. The number of benzene rings is 2. The maximum atomic E-state index is 12.3. The first-order valence-corrected chi connectivity index (χ1v) is 13.4. The molecule has 1 heterocycles. The Bertz CT molecular complexity index is 1070. The highest BCUT2D eigenvalue weighted by atomic mass is 32.2. The lowest BCUT2D eigenvalue weighted by atomic mass is 9.91. The Morgan fingerprint density at radius 2 is 1.70 bits per heavy atom. The van der Waals surface area contributed by atoms with Gasteiger partial charge < -0.3 is 36.0 Å². The van der Waals surface area contributed by atoms with Crippen LogP contribution in [-0.4, -0.2) is 78.9 Å². The van der Waals surface area contributed by atoms with Crippen LogP contribution in [0.3, 0.4) is 0 Å². The summed E-state index contributed by atoms with van der Waals surface area (Å²) in [6.45, 7) is 6.91. The van der Waals surface area contributed by atoms with E-state index in [0.717, 1.165) is 34.0 Å². The van der Waals surface area contributed by atoms with Crippen molar-refractivity contribution in [2.45, 2.75) is 80.8 Å². The second-order valence-corrected chi connectivity index (χ2v) is 12.1. The van der Waals surface area contributed by atoms with Crippen LogP contribution in [0.15, 0.2) is 36.4 Å². The molecule has 204 valence electrons. The third kappa shape index (κ3) is 7.04. The Balaban J connectivity index is 1.75. The number of hydrogen-bond donors (Lipinski definition) is 7. The molecule has 0 saturated carbocycles. The van der Waals surface area contributed by atoms with E-state index in [0.29, 0.717) is 18.4 Å². The van der Waals surface area contributed by atoms with E-state index in [4.69, 9.17) is 0 Å². The van der Waals surface area contributed by atoms with Crippen molar-refractivity contribution in [3.8, 4) is 5.75 Å². The van der Waals surface area contributed by atoms with Crippen LogP contribution in [0.25, 0.3) is 0 Å². The zero-order valence-electron chi connectivity index (χ0n) is 21.8. The molecule has 1 saturated heterocycles. The average molecular weight is 534 g/mol. The maximum absolute atomic E-state index is 12.3. The number of nitrogens with one attached hydrogen (secondary N) is 1. The molecule has 9 heteroatoms. The number of thioether (sulfide) groups is 1. The molecule has 3 rings (SSSR count). The topological polar surface area (TPSA) is 150 Å². The summed E-state index contributed by atoms with van der Waals surface area (Å²) in [6.07, 6.45) is -3.12. The van der Waals surface area contributed by atoms with Gasteiger partial charge in [0.05, 0.1) is 41.5 Å². The highest BCUT2D eigenvalue weighted by Gasteiger charge is 2.44. The van der Waals surface area contributed by atoms with Crippen molar-refractivity contribution in [2.75, 3.05) is 13.2 Å². The Morgan fingerprint density at radius 1 is 1.05 bits per heavy atom. The van der Waals surface area contributed by atoms with Gasteiger partial charge in [0.1, 0.15) is 11.9 Å². The van der Waals surface area contributed by atoms with E-state index in [-0.39, 0.29) is 30.8 Å². The number of carbonyl (C=O) groups excluding carboxylic acids is 1. The molecule has 0 spiro atoms. The third-order valence-corrected chi connectivity index (χ3v) is 8.60. The van der Waals surface area contributed by atoms with Gasteiger partial charge in [-0.05, 0) is 61.4 Å². The molecule has 0 radical (unpaired) electrons. The molecule has 8 nitrogen and oxygen atoms in total. The van der Waals surface area contributed by atoms with Gasteiger partial charge in [0.15, 0.2) is 0 Å². The summed E-state index contributed by atoms with van der Waals surface area (Å²) in [5.74, 6) is -0.131. The van der Waals surface area contributed by atoms with Crippen LogP contribution in [0.5, 0.6) is 5.75 Å². The lowest BCUT2D eigenvalue weighted by Gasteiger charge is -2.40. The largest absolute Gasteiger partial charge is 0.508 e. The van der Waals surface area contributed by atoms with Gasteiger partial charge in [0.25, 0.3) is 0 Å². The molecule has 6 atom stereocenters. The van der Waals surface area contributed by atoms with Gasteiger partial charge >= 0.3 is 0 Å². The zero-order valence-corrected chi connectivity index (χ0v) is 22.6. The molecule has 0 aromatic heterocycles. The molecule has 1 aliphatic heterocycles. The normalized spacial score (nSPS) is 25.1. The summed E-state index contributed by atoms with van der Waals surface area (Å²) in [5.41, 5.74) is 3.65. The Hall–Kier alpha value is -2.14. The Kier molecular flexibility index (Phi) is 9.66. The number of amides is 1. The first-order valence-electron chi connectivity index (χ1n) is 12.5. The van der Waals surface area contributed by atoms with E-state index in [1.165, 1.54) is 0 Å². The Labute approximate surface area is 222 Å². The van der Waals surface area contributed by atoms with Gasteiger partial charge in [-0.15, -0.1) is 11.8 Å². The van der Waals surface area contributed by atoms with Crippen LogP contribution in [0.2, 0.25) is 0 Å². The molecule has 37 heavy (non-hydrogen) atoms. The van der Waals surface area contributed by atoms with E-state index >= 15 is 0 Å². The number of rotatable bonds is 9. The van der Waals surface area contributed by atoms with Crippen LogP contribution in [0, 0.1) is 6.92 Å². The van der Waals surface area contributed by atoms with Crippen molar-refractivity contribution >= 4 is 17.7 Å². The Morgan fingerprint density at radius 3 is 2.30 bits per heavy atom. The van der Waals surface area contributed by atoms with E-state index in [9.17, 15) is 35.4 Å². The molecule has 2 unspecified atom stereocenters. The molecule has 2 aromatic carbocycles. The molecular weight excluding hydrogens is 494 g/mol. The summed E-state index contributed by atoms with van der Waals surface area (Å²) in [5, 5.41) is 62.0. The quantitative estimate of drug-likeness (QED) is 0.258. The van der Waals surface area contributed by atoms with E-state index < -0.39 is 34.4 Å². The van der Waals surface area contributed by atoms with Gasteiger partial charge in [-0.1, -0.05) is 37.3 Å². The number of hydrogen-bond acceptors (Lipinski definition) is 8. The molecule has 1 amide bonds. The number of phenolic OH excluding ortho intramolecular Hbond substituents is 1. The van der Waals surface area contributed by atoms with Crippen molar-refractivity contribution in [3.05, 3.63) is 64.2 Å². The minimum Gasteiger partial charge on any atom is -0.508 e. The van der Waals surface area contributed by atoms with Crippen molar-refractivity contribution in [1.29, 1.82) is 0 Å². The smallest absolute Gasteiger partial charge is 0.221 e. The summed E-state index contributed by atoms with van der Waals surface area (Å²) in [4.78, 5) is 12.3. The summed E-state index contributed by atoms with van der Waals surface area (Å²) < 4.78 is 0. The molecule has 2 aromatic rings. The standard InChI is InChI=1S/C28H39NO7S/c1-15-9-21(32)20(27-26(36)25(35)24(34)22(13-30)37-27)12-19(15)11-17-5-7-18(8-6-17)16(2)10-23(33)29-28(3,4)14-31/h5-9,12,16,22,24-27,30-32,34-36H,10-11,13-14H2,1-4H3,(H,29,33)/t16?,22-,24-,25+,26-,27?/m1/s1. The highest BCUT2D eigenvalue weighted by Crippen LogP contribution is 2.46. The highest BCUT2D eigenvalue weighted by molar-refractivity contribution is 8.00. The average Bonchev–Trinajstić information content (AvgIpc) is 2.85. The summed E-state index contributed by atoms with van der Waals surface area (Å²) >= 11 is 1.14. The predicted octanol–water partition coefficient (Wildman–Crippen LogP) is 1.90. The van der Waals surface area contributed by atoms with Gasteiger partial charge in [0.2, 0.25) is 5.91 Å². The van der Waals surface area contributed by atoms with Crippen LogP contribution < -0.4 is 5.32 Å². The maximum Gasteiger partial charge on any atom is 0.221 e. The number of aromatic hydroxyl groups is 1. The van der Waals surface area contributed by atoms with Crippen molar-refractivity contribution in [2.24, 2.45) is 0 Å². The monoisotopic (exact) mass is 533 g/mol. The third-order valence-electron chi connectivity index (χ3n) is 6.99. The van der Waals surface area contributed by atoms with Crippen molar-refractivity contribution < 1.29 is 35.4 Å². The van der Waals surface area contributed by atoms with E-state index in [1.807, 2.05) is 44.2 Å². The SMILES string of the molecule is Cc1cc(O)c(C2S[C@H](CO)[C@@H](O)[C@H](O)[C@H]2O)cc1Cc1ccc(C(C)CC(=O)NC(C)(C)CO)cc1. The van der Waals surface area contributed by atoms with Gasteiger partial charge in [-0.3, -0.25) is 4.79 Å². The lowest BCUT2D eigenvalue weighted by Crippen LogP contribution is -2.51. The fourth-order valence-electron chi connectivity index (χ4n) is 4.58. The van der Waals surface area contributed by atoms with Crippen LogP contribution in [-0.2, 0) is 11.2 Å². The minimum atomic E-state index is -1.43. The molecule has 1 fully saturated rings. The predicted molar refractivity (Wildman–Crippen MR) is 144 cm³/mol. The molecule has 0 bridgehead atoms. The van der Waals surface area contributed by atoms with Crippen LogP contribution in [0.4, 0.5) is 0 Å².